The van der Waals surface area contributed by atoms with Gasteiger partial charge in [-0.2, -0.15) is 0 Å². The Bertz CT molecular complexity index is 708. The van der Waals surface area contributed by atoms with Crippen molar-refractivity contribution in [3.05, 3.63) is 29.8 Å². The smallest absolute Gasteiger partial charge is 0.308 e. The summed E-state index contributed by atoms with van der Waals surface area (Å²) in [7, 11) is 3.17. The van der Waals surface area contributed by atoms with E-state index >= 15 is 0 Å². The molecule has 31 heavy (non-hydrogen) atoms. The van der Waals surface area contributed by atoms with Gasteiger partial charge in [0.25, 0.3) is 0 Å². The minimum Gasteiger partial charge on any atom is -0.497 e. The summed E-state index contributed by atoms with van der Waals surface area (Å²) in [5.74, 6) is 1.74. The fourth-order valence-electron chi connectivity index (χ4n) is 4.58. The standard InChI is InChI=1S/C24H38N4O3/c1-4-25-24(28-16-12-20(13-17-28)23(29)31-3)26-18-22(27-14-6-5-7-15-27)19-8-10-21(30-2)11-9-19/h8-11,20,22H,4-7,12-18H2,1-3H3,(H,25,26). The molecule has 1 aromatic rings. The predicted octanol–water partition coefficient (Wildman–Crippen LogP) is 3.07. The Morgan fingerprint density at radius 1 is 1.10 bits per heavy atom. The fourth-order valence-corrected chi connectivity index (χ4v) is 4.58. The fraction of sp³-hybridized carbons (Fsp3) is 0.667. The zero-order valence-electron chi connectivity index (χ0n) is 19.3. The van der Waals surface area contributed by atoms with Gasteiger partial charge in [-0.3, -0.25) is 14.7 Å². The first-order chi connectivity index (χ1) is 15.2. The summed E-state index contributed by atoms with van der Waals surface area (Å²) in [5.41, 5.74) is 1.28. The monoisotopic (exact) mass is 430 g/mol. The normalized spacial score (nSPS) is 19.7. The molecule has 7 heteroatoms. The topological polar surface area (TPSA) is 66.4 Å². The number of rotatable bonds is 7. The molecule has 1 aromatic carbocycles. The number of likely N-dealkylation sites (tertiary alicyclic amines) is 2. The lowest BCUT2D eigenvalue weighted by Gasteiger charge is -2.36. The van der Waals surface area contributed by atoms with Crippen molar-refractivity contribution in [1.82, 2.24) is 15.1 Å². The summed E-state index contributed by atoms with van der Waals surface area (Å²) in [4.78, 5) is 21.8. The number of carbonyl (C=O) groups excluding carboxylic acids is 1. The number of carbonyl (C=O) groups is 1. The van der Waals surface area contributed by atoms with Crippen LogP contribution in [0.2, 0.25) is 0 Å². The molecule has 3 rings (SSSR count). The summed E-state index contributed by atoms with van der Waals surface area (Å²) < 4.78 is 10.3. The SMILES string of the molecule is CCNC(=NCC(c1ccc(OC)cc1)N1CCCCC1)N1CCC(C(=O)OC)CC1. The highest BCUT2D eigenvalue weighted by atomic mass is 16.5. The second kappa shape index (κ2) is 11.9. The van der Waals surface area contributed by atoms with Crippen LogP contribution in [0.15, 0.2) is 29.3 Å². The van der Waals surface area contributed by atoms with Crippen LogP contribution in [0, 0.1) is 5.92 Å². The Hall–Kier alpha value is -2.28. The third kappa shape index (κ3) is 6.35. The van der Waals surface area contributed by atoms with Gasteiger partial charge in [0.1, 0.15) is 5.75 Å². The molecular weight excluding hydrogens is 392 g/mol. The van der Waals surface area contributed by atoms with Gasteiger partial charge in [-0.15, -0.1) is 0 Å². The zero-order valence-corrected chi connectivity index (χ0v) is 19.3. The number of guanidine groups is 1. The largest absolute Gasteiger partial charge is 0.497 e. The highest BCUT2D eigenvalue weighted by molar-refractivity contribution is 5.80. The number of esters is 1. The maximum Gasteiger partial charge on any atom is 0.308 e. The van der Waals surface area contributed by atoms with Gasteiger partial charge >= 0.3 is 5.97 Å². The molecule has 2 aliphatic heterocycles. The first kappa shape index (κ1) is 23.4. The van der Waals surface area contributed by atoms with E-state index in [0.717, 1.165) is 57.3 Å². The van der Waals surface area contributed by atoms with Crippen molar-refractivity contribution in [2.45, 2.75) is 45.1 Å². The first-order valence-electron chi connectivity index (χ1n) is 11.6. The lowest BCUT2D eigenvalue weighted by Crippen LogP contribution is -2.47. The minimum absolute atomic E-state index is 0.00419. The molecule has 0 aromatic heterocycles. The molecule has 7 nitrogen and oxygen atoms in total. The molecule has 0 bridgehead atoms. The molecule has 0 aliphatic carbocycles. The molecule has 2 heterocycles. The summed E-state index contributed by atoms with van der Waals surface area (Å²) in [6, 6.07) is 8.68. The predicted molar refractivity (Wildman–Crippen MR) is 123 cm³/mol. The number of hydrogen-bond acceptors (Lipinski definition) is 5. The molecule has 0 saturated carbocycles. The number of methoxy groups -OCH3 is 2. The number of aliphatic imine (C=N–C) groups is 1. The Morgan fingerprint density at radius 2 is 1.77 bits per heavy atom. The average Bonchev–Trinajstić information content (AvgIpc) is 2.84. The van der Waals surface area contributed by atoms with Crippen LogP contribution in [0.25, 0.3) is 0 Å². The highest BCUT2D eigenvalue weighted by Gasteiger charge is 2.28. The number of nitrogens with zero attached hydrogens (tertiary/aromatic N) is 3. The quantitative estimate of drug-likeness (QED) is 0.407. The van der Waals surface area contributed by atoms with Crippen molar-refractivity contribution in [3.8, 4) is 5.75 Å². The molecule has 1 unspecified atom stereocenters. The molecule has 0 amide bonds. The molecule has 2 saturated heterocycles. The van der Waals surface area contributed by atoms with E-state index in [4.69, 9.17) is 14.5 Å². The number of ether oxygens (including phenoxy) is 2. The molecule has 172 valence electrons. The molecule has 0 spiro atoms. The van der Waals surface area contributed by atoms with Gasteiger partial charge in [-0.05, 0) is 63.4 Å². The van der Waals surface area contributed by atoms with Crippen LogP contribution in [0.1, 0.15) is 50.6 Å². The Balaban J connectivity index is 1.73. The van der Waals surface area contributed by atoms with Crippen LogP contribution in [0.5, 0.6) is 5.75 Å². The lowest BCUT2D eigenvalue weighted by atomic mass is 9.97. The van der Waals surface area contributed by atoms with Crippen LogP contribution in [0.3, 0.4) is 0 Å². The maximum atomic E-state index is 11.9. The van der Waals surface area contributed by atoms with Crippen molar-refractivity contribution in [2.75, 3.05) is 53.5 Å². The third-order valence-electron chi connectivity index (χ3n) is 6.41. The average molecular weight is 431 g/mol. The van der Waals surface area contributed by atoms with Gasteiger partial charge < -0.3 is 19.7 Å². The van der Waals surface area contributed by atoms with Crippen LogP contribution >= 0.6 is 0 Å². The molecule has 2 fully saturated rings. The van der Waals surface area contributed by atoms with Crippen LogP contribution < -0.4 is 10.1 Å². The molecule has 1 atom stereocenters. The van der Waals surface area contributed by atoms with Crippen molar-refractivity contribution >= 4 is 11.9 Å². The van der Waals surface area contributed by atoms with Crippen molar-refractivity contribution in [2.24, 2.45) is 10.9 Å². The van der Waals surface area contributed by atoms with Gasteiger partial charge in [0.05, 0.1) is 32.7 Å². The zero-order chi connectivity index (χ0) is 22.1. The van der Waals surface area contributed by atoms with Gasteiger partial charge in [0.2, 0.25) is 0 Å². The molecule has 2 aliphatic rings. The van der Waals surface area contributed by atoms with E-state index < -0.39 is 0 Å². The van der Waals surface area contributed by atoms with Crippen LogP contribution in [-0.4, -0.2) is 75.2 Å². The lowest BCUT2D eigenvalue weighted by molar-refractivity contribution is -0.146. The minimum atomic E-state index is -0.0914. The number of piperidine rings is 2. The van der Waals surface area contributed by atoms with Gasteiger partial charge in [-0.25, -0.2) is 0 Å². The van der Waals surface area contributed by atoms with E-state index in [-0.39, 0.29) is 17.9 Å². The van der Waals surface area contributed by atoms with Gasteiger partial charge in [0.15, 0.2) is 5.96 Å². The van der Waals surface area contributed by atoms with Crippen molar-refractivity contribution in [1.29, 1.82) is 0 Å². The molecule has 1 N–H and O–H groups in total. The molecule has 0 radical (unpaired) electrons. The van der Waals surface area contributed by atoms with Gasteiger partial charge in [0, 0.05) is 19.6 Å². The van der Waals surface area contributed by atoms with Crippen molar-refractivity contribution in [3.63, 3.8) is 0 Å². The van der Waals surface area contributed by atoms with Gasteiger partial charge in [-0.1, -0.05) is 18.6 Å². The van der Waals surface area contributed by atoms with Crippen LogP contribution in [0.4, 0.5) is 0 Å². The summed E-state index contributed by atoms with van der Waals surface area (Å²) >= 11 is 0. The van der Waals surface area contributed by atoms with E-state index in [1.54, 1.807) is 7.11 Å². The Morgan fingerprint density at radius 3 is 2.35 bits per heavy atom. The maximum absolute atomic E-state index is 11.9. The Kier molecular flexibility index (Phi) is 9.00. The molecular formula is C24H38N4O3. The summed E-state index contributed by atoms with van der Waals surface area (Å²) in [6.45, 7) is 7.52. The number of benzene rings is 1. The van der Waals surface area contributed by atoms with Crippen LogP contribution in [-0.2, 0) is 9.53 Å². The highest BCUT2D eigenvalue weighted by Crippen LogP contribution is 2.27. The van der Waals surface area contributed by atoms with E-state index in [0.29, 0.717) is 6.54 Å². The first-order valence-corrected chi connectivity index (χ1v) is 11.6. The van der Waals surface area contributed by atoms with E-state index in [9.17, 15) is 4.79 Å². The third-order valence-corrected chi connectivity index (χ3v) is 6.41. The van der Waals surface area contributed by atoms with Crippen molar-refractivity contribution < 1.29 is 14.3 Å². The number of hydrogen-bond donors (Lipinski definition) is 1. The summed E-state index contributed by atoms with van der Waals surface area (Å²) in [6.07, 6.45) is 5.43. The number of nitrogens with one attached hydrogen (secondary N) is 1. The summed E-state index contributed by atoms with van der Waals surface area (Å²) in [5, 5.41) is 3.46. The van der Waals surface area contributed by atoms with E-state index in [2.05, 4.69) is 34.2 Å². The second-order valence-electron chi connectivity index (χ2n) is 8.36. The van der Waals surface area contributed by atoms with E-state index in [1.807, 2.05) is 12.1 Å². The van der Waals surface area contributed by atoms with E-state index in [1.165, 1.54) is 31.9 Å². The Labute approximate surface area is 186 Å². The second-order valence-corrected chi connectivity index (χ2v) is 8.36.